The van der Waals surface area contributed by atoms with Gasteiger partial charge in [0.2, 0.25) is 0 Å². The molecule has 120 valence electrons. The van der Waals surface area contributed by atoms with Crippen molar-refractivity contribution < 1.29 is 4.74 Å². The Morgan fingerprint density at radius 1 is 1.09 bits per heavy atom. The summed E-state index contributed by atoms with van der Waals surface area (Å²) in [5.74, 6) is 1.09. The summed E-state index contributed by atoms with van der Waals surface area (Å²) in [5.41, 5.74) is 2.47. The molecule has 1 aliphatic rings. The van der Waals surface area contributed by atoms with E-state index in [4.69, 9.17) is 4.74 Å². The Labute approximate surface area is 136 Å². The predicted octanol–water partition coefficient (Wildman–Crippen LogP) is 4.17. The molecule has 1 aliphatic carbocycles. The summed E-state index contributed by atoms with van der Waals surface area (Å²) in [4.78, 5) is 4.68. The van der Waals surface area contributed by atoms with Crippen LogP contribution in [0.2, 0.25) is 0 Å². The average molecular weight is 309 g/mol. The molecule has 0 spiro atoms. The van der Waals surface area contributed by atoms with Crippen LogP contribution in [0.15, 0.2) is 42.9 Å². The first-order chi connectivity index (χ1) is 11.3. The lowest BCUT2D eigenvalue weighted by atomic mass is 9.92. The maximum atomic E-state index is 5.50. The molecule has 4 rings (SSSR count). The van der Waals surface area contributed by atoms with Gasteiger partial charge in [-0.25, -0.2) is 4.98 Å². The van der Waals surface area contributed by atoms with E-state index in [1.54, 1.807) is 0 Å². The van der Waals surface area contributed by atoms with Crippen molar-refractivity contribution in [3.8, 4) is 11.4 Å². The van der Waals surface area contributed by atoms with E-state index < -0.39 is 0 Å². The van der Waals surface area contributed by atoms with E-state index in [0.717, 1.165) is 31.5 Å². The van der Waals surface area contributed by atoms with Gasteiger partial charge in [0.25, 0.3) is 0 Å². The van der Waals surface area contributed by atoms with Crippen molar-refractivity contribution in [1.29, 1.82) is 0 Å². The minimum atomic E-state index is 0.427. The average Bonchev–Trinajstić information content (AvgIpc) is 3.22. The van der Waals surface area contributed by atoms with Crippen LogP contribution in [0.3, 0.4) is 0 Å². The van der Waals surface area contributed by atoms with Crippen LogP contribution >= 0.6 is 0 Å². The lowest BCUT2D eigenvalue weighted by molar-refractivity contribution is 0.0586. The Balaban J connectivity index is 1.72. The van der Waals surface area contributed by atoms with Crippen LogP contribution in [0.4, 0.5) is 0 Å². The van der Waals surface area contributed by atoms with Gasteiger partial charge in [-0.1, -0.05) is 12.1 Å². The quantitative estimate of drug-likeness (QED) is 0.727. The standard InChI is InChI=1S/C19H23N3O/c1-21-12-10-16-17(4-3-5-18(16)21)19-20-11-13-22(19)14-6-8-15(23-2)9-7-14/h3-5,10-15H,6-9H2,1-2H3. The molecule has 0 unspecified atom stereocenters. The van der Waals surface area contributed by atoms with Crippen LogP contribution < -0.4 is 0 Å². The van der Waals surface area contributed by atoms with E-state index in [2.05, 4.69) is 57.8 Å². The number of imidazole rings is 1. The number of aromatic nitrogens is 3. The summed E-state index contributed by atoms with van der Waals surface area (Å²) < 4.78 is 10.0. The Bertz CT molecular complexity index is 809. The zero-order chi connectivity index (χ0) is 15.8. The molecule has 0 amide bonds. The molecule has 4 nitrogen and oxygen atoms in total. The van der Waals surface area contributed by atoms with Gasteiger partial charge in [0, 0.05) is 55.3 Å². The Kier molecular flexibility index (Phi) is 3.69. The van der Waals surface area contributed by atoms with Crippen molar-refractivity contribution in [2.24, 2.45) is 7.05 Å². The minimum absolute atomic E-state index is 0.427. The number of methoxy groups -OCH3 is 1. The fourth-order valence-electron chi connectivity index (χ4n) is 3.87. The fraction of sp³-hybridized carbons (Fsp3) is 0.421. The van der Waals surface area contributed by atoms with Crippen molar-refractivity contribution >= 4 is 10.9 Å². The molecule has 0 N–H and O–H groups in total. The molecule has 23 heavy (non-hydrogen) atoms. The van der Waals surface area contributed by atoms with Gasteiger partial charge in [-0.15, -0.1) is 0 Å². The van der Waals surface area contributed by atoms with Crippen molar-refractivity contribution in [3.63, 3.8) is 0 Å². The maximum Gasteiger partial charge on any atom is 0.140 e. The molecule has 0 radical (unpaired) electrons. The lowest BCUT2D eigenvalue weighted by Gasteiger charge is -2.29. The molecule has 1 saturated carbocycles. The summed E-state index contributed by atoms with van der Waals surface area (Å²) in [5, 5.41) is 1.27. The van der Waals surface area contributed by atoms with E-state index in [1.165, 1.54) is 16.5 Å². The van der Waals surface area contributed by atoms with E-state index in [0.29, 0.717) is 12.1 Å². The van der Waals surface area contributed by atoms with Crippen LogP contribution in [0.1, 0.15) is 31.7 Å². The molecular formula is C19H23N3O. The SMILES string of the molecule is COC1CCC(n2ccnc2-c2cccc3c2ccn3C)CC1. The van der Waals surface area contributed by atoms with Crippen LogP contribution in [0.5, 0.6) is 0 Å². The summed E-state index contributed by atoms with van der Waals surface area (Å²) in [6.07, 6.45) is 11.2. The third-order valence-corrected chi connectivity index (χ3v) is 5.21. The van der Waals surface area contributed by atoms with Crippen molar-refractivity contribution in [2.45, 2.75) is 37.8 Å². The number of nitrogens with zero attached hydrogens (tertiary/aromatic N) is 3. The number of rotatable bonds is 3. The van der Waals surface area contributed by atoms with Gasteiger partial charge >= 0.3 is 0 Å². The van der Waals surface area contributed by atoms with Gasteiger partial charge < -0.3 is 13.9 Å². The lowest BCUT2D eigenvalue weighted by Crippen LogP contribution is -2.22. The zero-order valence-corrected chi connectivity index (χ0v) is 13.8. The van der Waals surface area contributed by atoms with Gasteiger partial charge in [-0.2, -0.15) is 0 Å². The van der Waals surface area contributed by atoms with Gasteiger partial charge in [0.05, 0.1) is 6.10 Å². The molecule has 1 aromatic carbocycles. The molecule has 2 aromatic heterocycles. The van der Waals surface area contributed by atoms with Crippen molar-refractivity contribution in [3.05, 3.63) is 42.9 Å². The Hall–Kier alpha value is -2.07. The number of aryl methyl sites for hydroxylation is 1. The first-order valence-corrected chi connectivity index (χ1v) is 8.38. The third kappa shape index (κ3) is 2.47. The van der Waals surface area contributed by atoms with Gasteiger partial charge in [-0.05, 0) is 37.8 Å². The second-order valence-electron chi connectivity index (χ2n) is 6.49. The highest BCUT2D eigenvalue weighted by atomic mass is 16.5. The normalized spacial score (nSPS) is 21.8. The molecule has 3 aromatic rings. The summed E-state index contributed by atoms with van der Waals surface area (Å²) >= 11 is 0. The summed E-state index contributed by atoms with van der Waals surface area (Å²) in [6, 6.07) is 9.18. The van der Waals surface area contributed by atoms with E-state index in [1.807, 2.05) is 13.3 Å². The van der Waals surface area contributed by atoms with E-state index in [9.17, 15) is 0 Å². The maximum absolute atomic E-state index is 5.50. The molecule has 0 saturated heterocycles. The first kappa shape index (κ1) is 14.5. The molecule has 4 heteroatoms. The summed E-state index contributed by atoms with van der Waals surface area (Å²) in [7, 11) is 3.91. The van der Waals surface area contributed by atoms with Crippen molar-refractivity contribution in [1.82, 2.24) is 14.1 Å². The molecule has 0 atom stereocenters. The highest BCUT2D eigenvalue weighted by Crippen LogP contribution is 2.35. The molecule has 1 fully saturated rings. The molecular weight excluding hydrogens is 286 g/mol. The topological polar surface area (TPSA) is 32.0 Å². The van der Waals surface area contributed by atoms with Gasteiger partial charge in [0.15, 0.2) is 0 Å². The minimum Gasteiger partial charge on any atom is -0.381 e. The van der Waals surface area contributed by atoms with Gasteiger partial charge in [-0.3, -0.25) is 0 Å². The summed E-state index contributed by atoms with van der Waals surface area (Å²) in [6.45, 7) is 0. The number of ether oxygens (including phenoxy) is 1. The van der Waals surface area contributed by atoms with Crippen molar-refractivity contribution in [2.75, 3.05) is 7.11 Å². The highest BCUT2D eigenvalue weighted by Gasteiger charge is 2.24. The molecule has 0 aliphatic heterocycles. The Morgan fingerprint density at radius 3 is 2.70 bits per heavy atom. The third-order valence-electron chi connectivity index (χ3n) is 5.21. The monoisotopic (exact) mass is 309 g/mol. The Morgan fingerprint density at radius 2 is 1.91 bits per heavy atom. The van der Waals surface area contributed by atoms with E-state index >= 15 is 0 Å². The zero-order valence-electron chi connectivity index (χ0n) is 13.8. The second-order valence-corrected chi connectivity index (χ2v) is 6.49. The van der Waals surface area contributed by atoms with Crippen LogP contribution in [0, 0.1) is 0 Å². The smallest absolute Gasteiger partial charge is 0.140 e. The molecule has 0 bridgehead atoms. The number of hydrogen-bond acceptors (Lipinski definition) is 2. The number of fused-ring (bicyclic) bond motifs is 1. The van der Waals surface area contributed by atoms with Crippen LogP contribution in [-0.2, 0) is 11.8 Å². The largest absolute Gasteiger partial charge is 0.381 e. The number of benzene rings is 1. The predicted molar refractivity (Wildman–Crippen MR) is 92.4 cm³/mol. The van der Waals surface area contributed by atoms with Crippen LogP contribution in [-0.4, -0.2) is 27.3 Å². The first-order valence-electron chi connectivity index (χ1n) is 8.38. The molecule has 2 heterocycles. The van der Waals surface area contributed by atoms with Crippen LogP contribution in [0.25, 0.3) is 22.3 Å². The second kappa shape index (κ2) is 5.85. The number of hydrogen-bond donors (Lipinski definition) is 0. The fourth-order valence-corrected chi connectivity index (χ4v) is 3.87. The van der Waals surface area contributed by atoms with E-state index in [-0.39, 0.29) is 0 Å². The highest BCUT2D eigenvalue weighted by molar-refractivity contribution is 5.93. The van der Waals surface area contributed by atoms with Gasteiger partial charge in [0.1, 0.15) is 5.82 Å².